The summed E-state index contributed by atoms with van der Waals surface area (Å²) in [7, 11) is 0. The van der Waals surface area contributed by atoms with Gasteiger partial charge in [-0.05, 0) is 6.42 Å². The van der Waals surface area contributed by atoms with Gasteiger partial charge >= 0.3 is 6.18 Å². The fourth-order valence-electron chi connectivity index (χ4n) is 0.835. The van der Waals surface area contributed by atoms with Crippen LogP contribution in [0.2, 0.25) is 0 Å². The van der Waals surface area contributed by atoms with Crippen LogP contribution in [0.25, 0.3) is 0 Å². The van der Waals surface area contributed by atoms with Crippen LogP contribution in [0.15, 0.2) is 0 Å². The zero-order valence-electron chi connectivity index (χ0n) is 7.18. The smallest absolute Gasteiger partial charge is 0.389 e. The van der Waals surface area contributed by atoms with Crippen LogP contribution in [0.3, 0.4) is 0 Å². The van der Waals surface area contributed by atoms with E-state index in [1.54, 1.807) is 6.92 Å². The number of aryl methyl sites for hydroxylation is 1. The summed E-state index contributed by atoms with van der Waals surface area (Å²) >= 11 is 0.571. The van der Waals surface area contributed by atoms with E-state index in [-0.39, 0.29) is 5.00 Å². The second-order valence-corrected chi connectivity index (χ2v) is 3.54. The predicted molar refractivity (Wildman–Crippen MR) is 46.3 cm³/mol. The summed E-state index contributed by atoms with van der Waals surface area (Å²) in [5.74, 6) is -1.94. The third kappa shape index (κ3) is 2.03. The van der Waals surface area contributed by atoms with Crippen molar-refractivity contribution in [3.8, 4) is 0 Å². The number of thiazole rings is 1. The molecule has 0 saturated carbocycles. The van der Waals surface area contributed by atoms with Crippen LogP contribution < -0.4 is 5.73 Å². The topological polar surface area (TPSA) is 56.0 Å². The first kappa shape index (κ1) is 11.0. The monoisotopic (exact) mass is 224 g/mol. The van der Waals surface area contributed by atoms with E-state index >= 15 is 0 Å². The highest BCUT2D eigenvalue weighted by atomic mass is 32.1. The molecule has 1 rings (SSSR count). The molecular weight excluding hydrogens is 217 g/mol. The van der Waals surface area contributed by atoms with Crippen LogP contribution in [-0.2, 0) is 6.42 Å². The molecule has 0 unspecified atom stereocenters. The summed E-state index contributed by atoms with van der Waals surface area (Å²) < 4.78 is 35.9. The van der Waals surface area contributed by atoms with Gasteiger partial charge in [-0.3, -0.25) is 4.79 Å². The number of hydrogen-bond donors (Lipinski definition) is 1. The van der Waals surface area contributed by atoms with E-state index in [1.165, 1.54) is 0 Å². The van der Waals surface area contributed by atoms with Gasteiger partial charge < -0.3 is 5.73 Å². The van der Waals surface area contributed by atoms with Gasteiger partial charge in [-0.2, -0.15) is 13.2 Å². The summed E-state index contributed by atoms with van der Waals surface area (Å²) in [5.41, 5.74) is 5.71. The van der Waals surface area contributed by atoms with Gasteiger partial charge in [-0.15, -0.1) is 0 Å². The third-order valence-corrected chi connectivity index (χ3v) is 2.44. The zero-order valence-corrected chi connectivity index (χ0v) is 8.00. The Morgan fingerprint density at radius 1 is 1.57 bits per heavy atom. The lowest BCUT2D eigenvalue weighted by atomic mass is 10.3. The number of alkyl halides is 3. The van der Waals surface area contributed by atoms with Crippen LogP contribution in [0.5, 0.6) is 0 Å². The fraction of sp³-hybridized carbons (Fsp3) is 0.429. The van der Waals surface area contributed by atoms with Gasteiger partial charge in [0, 0.05) is 0 Å². The van der Waals surface area contributed by atoms with Crippen molar-refractivity contribution in [2.24, 2.45) is 0 Å². The Morgan fingerprint density at radius 2 is 2.14 bits per heavy atom. The summed E-state index contributed by atoms with van der Waals surface area (Å²) in [4.78, 5) is 14.2. The number of carbonyl (C=O) groups is 1. The van der Waals surface area contributed by atoms with E-state index in [0.29, 0.717) is 23.5 Å². The summed E-state index contributed by atoms with van der Waals surface area (Å²) in [6, 6.07) is 0. The first-order valence-electron chi connectivity index (χ1n) is 3.73. The lowest BCUT2D eigenvalue weighted by Crippen LogP contribution is -2.22. The second kappa shape index (κ2) is 3.56. The van der Waals surface area contributed by atoms with Crippen LogP contribution in [0.1, 0.15) is 22.4 Å². The van der Waals surface area contributed by atoms with Crippen molar-refractivity contribution in [1.82, 2.24) is 4.98 Å². The number of nitrogens with two attached hydrogens (primary N) is 1. The Balaban J connectivity index is 3.03. The molecule has 1 aromatic heterocycles. The minimum Gasteiger partial charge on any atom is -0.389 e. The quantitative estimate of drug-likeness (QED) is 0.782. The number of anilines is 1. The molecule has 0 bridgehead atoms. The Morgan fingerprint density at radius 3 is 2.50 bits per heavy atom. The average molecular weight is 224 g/mol. The highest BCUT2D eigenvalue weighted by molar-refractivity contribution is 7.17. The van der Waals surface area contributed by atoms with E-state index < -0.39 is 17.0 Å². The van der Waals surface area contributed by atoms with Crippen molar-refractivity contribution >= 4 is 22.1 Å². The molecular formula is C7H7F3N2OS. The molecule has 3 nitrogen and oxygen atoms in total. The number of ketones is 1. The van der Waals surface area contributed by atoms with Gasteiger partial charge in [-0.25, -0.2) is 4.98 Å². The Hall–Kier alpha value is -1.11. The van der Waals surface area contributed by atoms with E-state index in [1.807, 2.05) is 0 Å². The molecule has 2 N–H and O–H groups in total. The molecule has 0 atom stereocenters. The predicted octanol–water partition coefficient (Wildman–Crippen LogP) is 2.03. The van der Waals surface area contributed by atoms with Crippen molar-refractivity contribution in [2.45, 2.75) is 19.5 Å². The van der Waals surface area contributed by atoms with Gasteiger partial charge in [-0.1, -0.05) is 18.3 Å². The van der Waals surface area contributed by atoms with Gasteiger partial charge in [0.15, 0.2) is 5.01 Å². The number of nitrogen functional groups attached to an aromatic ring is 1. The molecule has 0 fully saturated rings. The van der Waals surface area contributed by atoms with Gasteiger partial charge in [0.05, 0.1) is 5.69 Å². The van der Waals surface area contributed by atoms with Crippen molar-refractivity contribution < 1.29 is 18.0 Å². The fourth-order valence-corrected chi connectivity index (χ4v) is 1.72. The van der Waals surface area contributed by atoms with Crippen molar-refractivity contribution in [1.29, 1.82) is 0 Å². The number of rotatable bonds is 2. The van der Waals surface area contributed by atoms with Crippen molar-refractivity contribution in [3.05, 3.63) is 10.7 Å². The van der Waals surface area contributed by atoms with Crippen LogP contribution in [-0.4, -0.2) is 16.9 Å². The molecule has 1 heterocycles. The first-order chi connectivity index (χ1) is 6.36. The number of hydrogen-bond acceptors (Lipinski definition) is 4. The molecule has 78 valence electrons. The van der Waals surface area contributed by atoms with E-state index in [9.17, 15) is 18.0 Å². The third-order valence-electron chi connectivity index (χ3n) is 1.51. The average Bonchev–Trinajstić information content (AvgIpc) is 2.43. The zero-order chi connectivity index (χ0) is 10.9. The number of aromatic nitrogens is 1. The molecule has 1 aromatic rings. The van der Waals surface area contributed by atoms with Gasteiger partial charge in [0.1, 0.15) is 5.00 Å². The molecule has 0 radical (unpaired) electrons. The minimum atomic E-state index is -4.88. The molecule has 0 aromatic carbocycles. The van der Waals surface area contributed by atoms with Crippen LogP contribution in [0.4, 0.5) is 18.2 Å². The molecule has 0 spiro atoms. The van der Waals surface area contributed by atoms with Crippen molar-refractivity contribution in [3.63, 3.8) is 0 Å². The number of carbonyl (C=O) groups excluding carboxylic acids is 1. The SMILES string of the molecule is CCc1nc(C(=O)C(F)(F)F)sc1N. The van der Waals surface area contributed by atoms with Crippen LogP contribution >= 0.6 is 11.3 Å². The molecule has 0 aliphatic heterocycles. The van der Waals surface area contributed by atoms with E-state index in [0.717, 1.165) is 0 Å². The van der Waals surface area contributed by atoms with E-state index in [2.05, 4.69) is 4.98 Å². The summed E-state index contributed by atoms with van der Waals surface area (Å²) in [6.45, 7) is 1.70. The maximum Gasteiger partial charge on any atom is 0.457 e. The standard InChI is InChI=1S/C7H7F3N2OS/c1-2-3-5(11)14-6(12-3)4(13)7(8,9)10/h2,11H2,1H3. The second-order valence-electron chi connectivity index (χ2n) is 2.51. The number of Topliss-reactive ketones (excluding diaryl/α,β-unsaturated/α-hetero) is 1. The normalized spacial score (nSPS) is 11.7. The molecule has 0 aliphatic rings. The Kier molecular flexibility index (Phi) is 2.79. The minimum absolute atomic E-state index is 0.167. The largest absolute Gasteiger partial charge is 0.457 e. The lowest BCUT2D eigenvalue weighted by molar-refractivity contribution is -0.0885. The first-order valence-corrected chi connectivity index (χ1v) is 4.54. The van der Waals surface area contributed by atoms with E-state index in [4.69, 9.17) is 5.73 Å². The molecule has 7 heteroatoms. The van der Waals surface area contributed by atoms with Gasteiger partial charge in [0.25, 0.3) is 5.78 Å². The molecule has 0 aliphatic carbocycles. The Labute approximate surface area is 81.7 Å². The number of halogens is 3. The maximum absolute atomic E-state index is 12.0. The highest BCUT2D eigenvalue weighted by Crippen LogP contribution is 2.28. The van der Waals surface area contributed by atoms with Crippen LogP contribution in [0, 0.1) is 0 Å². The summed E-state index contributed by atoms with van der Waals surface area (Å²) in [6.07, 6.45) is -4.47. The molecule has 0 amide bonds. The van der Waals surface area contributed by atoms with Crippen molar-refractivity contribution in [2.75, 3.05) is 5.73 Å². The Bertz CT molecular complexity index is 358. The summed E-state index contributed by atoms with van der Waals surface area (Å²) in [5, 5.41) is -0.424. The lowest BCUT2D eigenvalue weighted by Gasteiger charge is -1.99. The maximum atomic E-state index is 12.0. The molecule has 0 saturated heterocycles. The highest BCUT2D eigenvalue weighted by Gasteiger charge is 2.41. The molecule has 14 heavy (non-hydrogen) atoms. The number of nitrogens with zero attached hydrogens (tertiary/aromatic N) is 1. The van der Waals surface area contributed by atoms with Gasteiger partial charge in [0.2, 0.25) is 0 Å².